The van der Waals surface area contributed by atoms with Crippen molar-refractivity contribution in [3.63, 3.8) is 0 Å². The molecule has 1 aromatic carbocycles. The molecular formula is C14H17BrN2O2. The largest absolute Gasteiger partial charge is 0.465 e. The van der Waals surface area contributed by atoms with Crippen LogP contribution in [0, 0.1) is 5.92 Å². The van der Waals surface area contributed by atoms with E-state index in [1.807, 2.05) is 18.2 Å². The molecular weight excluding hydrogens is 308 g/mol. The Kier molecular flexibility index (Phi) is 3.50. The number of piperidine rings is 3. The molecule has 1 atom stereocenters. The van der Waals surface area contributed by atoms with Crippen LogP contribution < -0.4 is 5.32 Å². The predicted molar refractivity (Wildman–Crippen MR) is 77.7 cm³/mol. The van der Waals surface area contributed by atoms with Gasteiger partial charge >= 0.3 is 6.09 Å². The molecule has 1 aromatic rings. The van der Waals surface area contributed by atoms with E-state index in [-0.39, 0.29) is 0 Å². The first-order chi connectivity index (χ1) is 9.15. The summed E-state index contributed by atoms with van der Waals surface area (Å²) in [4.78, 5) is 13.4. The lowest BCUT2D eigenvalue weighted by Gasteiger charge is -2.45. The number of hydrogen-bond acceptors (Lipinski definition) is 2. The normalized spacial score (nSPS) is 29.2. The quantitative estimate of drug-likeness (QED) is 0.877. The van der Waals surface area contributed by atoms with Gasteiger partial charge in [-0.2, -0.15) is 0 Å². The van der Waals surface area contributed by atoms with E-state index in [0.717, 1.165) is 22.3 Å². The number of anilines is 1. The third kappa shape index (κ3) is 2.49. The molecule has 3 heterocycles. The van der Waals surface area contributed by atoms with E-state index in [0.29, 0.717) is 11.8 Å². The van der Waals surface area contributed by atoms with Gasteiger partial charge in [0.25, 0.3) is 0 Å². The zero-order valence-corrected chi connectivity index (χ0v) is 12.2. The van der Waals surface area contributed by atoms with Crippen LogP contribution in [0.2, 0.25) is 0 Å². The smallest absolute Gasteiger partial charge is 0.409 e. The standard InChI is InChI=1S/C14H17BrN2O2/c15-11-2-1-3-12(16-14(18)19)13(11)10-8-17-6-4-9(10)5-7-17/h1-3,9-10,16H,4-8H2,(H,18,19). The van der Waals surface area contributed by atoms with Gasteiger partial charge in [0.1, 0.15) is 0 Å². The van der Waals surface area contributed by atoms with Gasteiger partial charge < -0.3 is 10.0 Å². The van der Waals surface area contributed by atoms with Crippen molar-refractivity contribution < 1.29 is 9.90 Å². The third-order valence-corrected chi connectivity index (χ3v) is 5.01. The molecule has 3 saturated heterocycles. The van der Waals surface area contributed by atoms with Crippen molar-refractivity contribution in [2.45, 2.75) is 18.8 Å². The summed E-state index contributed by atoms with van der Waals surface area (Å²) in [5.74, 6) is 1.11. The van der Waals surface area contributed by atoms with E-state index < -0.39 is 6.09 Å². The topological polar surface area (TPSA) is 52.6 Å². The number of amides is 1. The molecule has 1 unspecified atom stereocenters. The maximum atomic E-state index is 10.9. The average Bonchev–Trinajstić information content (AvgIpc) is 2.39. The van der Waals surface area contributed by atoms with Crippen molar-refractivity contribution in [1.82, 2.24) is 4.90 Å². The van der Waals surface area contributed by atoms with Crippen LogP contribution in [0.5, 0.6) is 0 Å². The summed E-state index contributed by atoms with van der Waals surface area (Å²) in [7, 11) is 0. The minimum Gasteiger partial charge on any atom is -0.465 e. The molecule has 102 valence electrons. The van der Waals surface area contributed by atoms with Gasteiger partial charge in [0.2, 0.25) is 0 Å². The monoisotopic (exact) mass is 324 g/mol. The molecule has 3 fully saturated rings. The fourth-order valence-corrected chi connectivity index (χ4v) is 4.09. The highest BCUT2D eigenvalue weighted by Gasteiger charge is 2.36. The van der Waals surface area contributed by atoms with Gasteiger partial charge in [0.15, 0.2) is 0 Å². The number of halogens is 1. The number of nitrogens with one attached hydrogen (secondary N) is 1. The highest BCUT2D eigenvalue weighted by molar-refractivity contribution is 9.10. The van der Waals surface area contributed by atoms with Gasteiger partial charge in [-0.05, 0) is 49.5 Å². The summed E-state index contributed by atoms with van der Waals surface area (Å²) < 4.78 is 1.01. The van der Waals surface area contributed by atoms with Crippen LogP contribution in [0.4, 0.5) is 10.5 Å². The Morgan fingerprint density at radius 3 is 2.68 bits per heavy atom. The van der Waals surface area contributed by atoms with Crippen LogP contribution in [0.1, 0.15) is 24.3 Å². The minimum absolute atomic E-state index is 0.430. The van der Waals surface area contributed by atoms with Crippen LogP contribution in [0.3, 0.4) is 0 Å². The SMILES string of the molecule is O=C(O)Nc1cccc(Br)c1C1CN2CCC1CC2. The molecule has 4 rings (SSSR count). The molecule has 3 aliphatic heterocycles. The average molecular weight is 325 g/mol. The number of rotatable bonds is 2. The molecule has 0 saturated carbocycles. The van der Waals surface area contributed by atoms with E-state index in [1.165, 1.54) is 25.9 Å². The molecule has 5 heteroatoms. The first kappa shape index (κ1) is 12.9. The van der Waals surface area contributed by atoms with Crippen LogP contribution in [-0.2, 0) is 0 Å². The van der Waals surface area contributed by atoms with Crippen LogP contribution in [0.25, 0.3) is 0 Å². The number of carboxylic acid groups (broad SMARTS) is 1. The number of hydrogen-bond donors (Lipinski definition) is 2. The Labute approximate surface area is 120 Å². The van der Waals surface area contributed by atoms with E-state index >= 15 is 0 Å². The second-order valence-corrected chi connectivity index (χ2v) is 6.23. The van der Waals surface area contributed by atoms with Crippen molar-refractivity contribution in [1.29, 1.82) is 0 Å². The van der Waals surface area contributed by atoms with E-state index in [2.05, 4.69) is 26.1 Å². The van der Waals surface area contributed by atoms with Gasteiger partial charge in [0, 0.05) is 22.6 Å². The minimum atomic E-state index is -0.999. The molecule has 0 radical (unpaired) electrons. The number of nitrogens with zero attached hydrogens (tertiary/aromatic N) is 1. The van der Waals surface area contributed by atoms with E-state index in [9.17, 15) is 4.79 Å². The number of benzene rings is 1. The Hall–Kier alpha value is -1.07. The summed E-state index contributed by atoms with van der Waals surface area (Å²) in [6.45, 7) is 3.42. The number of carbonyl (C=O) groups is 1. The second-order valence-electron chi connectivity index (χ2n) is 5.38. The lowest BCUT2D eigenvalue weighted by molar-refractivity contribution is 0.0871. The van der Waals surface area contributed by atoms with Crippen molar-refractivity contribution >= 4 is 27.7 Å². The molecule has 4 nitrogen and oxygen atoms in total. The molecule has 0 spiro atoms. The first-order valence-electron chi connectivity index (χ1n) is 6.66. The zero-order valence-electron chi connectivity index (χ0n) is 10.6. The Bertz CT molecular complexity index is 498. The molecule has 2 N–H and O–H groups in total. The van der Waals surface area contributed by atoms with Crippen molar-refractivity contribution in [2.24, 2.45) is 5.92 Å². The molecule has 0 aromatic heterocycles. The zero-order chi connectivity index (χ0) is 13.4. The highest BCUT2D eigenvalue weighted by atomic mass is 79.9. The van der Waals surface area contributed by atoms with Gasteiger partial charge in [-0.3, -0.25) is 5.32 Å². The summed E-state index contributed by atoms with van der Waals surface area (Å²) in [6.07, 6.45) is 1.44. The third-order valence-electron chi connectivity index (χ3n) is 4.32. The maximum Gasteiger partial charge on any atom is 0.409 e. The second kappa shape index (κ2) is 5.13. The lowest BCUT2D eigenvalue weighted by atomic mass is 9.75. The number of fused-ring (bicyclic) bond motifs is 3. The highest BCUT2D eigenvalue weighted by Crippen LogP contribution is 2.44. The van der Waals surface area contributed by atoms with Gasteiger partial charge in [0.05, 0.1) is 0 Å². The van der Waals surface area contributed by atoms with Crippen molar-refractivity contribution in [3.05, 3.63) is 28.2 Å². The Balaban J connectivity index is 1.97. The summed E-state index contributed by atoms with van der Waals surface area (Å²) in [5.41, 5.74) is 1.85. The summed E-state index contributed by atoms with van der Waals surface area (Å²) in [5, 5.41) is 11.5. The van der Waals surface area contributed by atoms with Gasteiger partial charge in [-0.25, -0.2) is 4.79 Å². The van der Waals surface area contributed by atoms with Crippen LogP contribution in [0.15, 0.2) is 22.7 Å². The molecule has 1 amide bonds. The van der Waals surface area contributed by atoms with E-state index in [1.54, 1.807) is 0 Å². The maximum absolute atomic E-state index is 10.9. The van der Waals surface area contributed by atoms with Gasteiger partial charge in [-0.1, -0.05) is 22.0 Å². The first-order valence-corrected chi connectivity index (χ1v) is 7.45. The summed E-state index contributed by atoms with van der Waals surface area (Å²) in [6, 6.07) is 5.73. The van der Waals surface area contributed by atoms with Crippen molar-refractivity contribution in [3.8, 4) is 0 Å². The Morgan fingerprint density at radius 2 is 2.11 bits per heavy atom. The fraction of sp³-hybridized carbons (Fsp3) is 0.500. The lowest BCUT2D eigenvalue weighted by Crippen LogP contribution is -2.46. The predicted octanol–water partition coefficient (Wildman–Crippen LogP) is 3.35. The molecule has 0 aliphatic carbocycles. The van der Waals surface area contributed by atoms with E-state index in [4.69, 9.17) is 5.11 Å². The molecule has 3 aliphatic rings. The van der Waals surface area contributed by atoms with Gasteiger partial charge in [-0.15, -0.1) is 0 Å². The Morgan fingerprint density at radius 1 is 1.37 bits per heavy atom. The summed E-state index contributed by atoms with van der Waals surface area (Å²) >= 11 is 3.59. The molecule has 19 heavy (non-hydrogen) atoms. The van der Waals surface area contributed by atoms with Crippen molar-refractivity contribution in [2.75, 3.05) is 25.0 Å². The fourth-order valence-electron chi connectivity index (χ4n) is 3.43. The molecule has 2 bridgehead atoms. The van der Waals surface area contributed by atoms with Crippen LogP contribution >= 0.6 is 15.9 Å². The van der Waals surface area contributed by atoms with Crippen LogP contribution in [-0.4, -0.2) is 35.7 Å².